The maximum Gasteiger partial charge on any atom is 0.302 e. The monoisotopic (exact) mass is 171 g/mol. The summed E-state index contributed by atoms with van der Waals surface area (Å²) in [5.74, 6) is 0.720. The molecule has 4 heteroatoms. The molecule has 0 amide bonds. The minimum absolute atomic E-state index is 0.178. The number of nitriles is 1. The van der Waals surface area contributed by atoms with Gasteiger partial charge in [-0.3, -0.25) is 4.79 Å². The van der Waals surface area contributed by atoms with Crippen LogP contribution in [0, 0.1) is 11.3 Å². The van der Waals surface area contributed by atoms with Gasteiger partial charge < -0.3 is 4.74 Å². The van der Waals surface area contributed by atoms with Gasteiger partial charge in [-0.1, -0.05) is 0 Å². The fraction of sp³-hybridized carbons (Fsp3) is 0.714. The van der Waals surface area contributed by atoms with Crippen LogP contribution in [0.4, 0.5) is 0 Å². The fourth-order valence-corrected chi connectivity index (χ4v) is 1.51. The third-order valence-corrected chi connectivity index (χ3v) is 2.41. The van der Waals surface area contributed by atoms with Gasteiger partial charge in [-0.25, -0.2) is 0 Å². The highest BCUT2D eigenvalue weighted by Gasteiger charge is 2.34. The molecule has 0 bridgehead atoms. The molecule has 1 saturated heterocycles. The summed E-state index contributed by atoms with van der Waals surface area (Å²) >= 11 is 1.73. The second-order valence-corrected chi connectivity index (χ2v) is 3.65. The third kappa shape index (κ3) is 2.81. The zero-order valence-electron chi connectivity index (χ0n) is 6.24. The molecule has 0 radical (unpaired) electrons. The number of hydrogen-bond donors (Lipinski definition) is 0. The van der Waals surface area contributed by atoms with Crippen molar-refractivity contribution >= 4 is 17.7 Å². The molecule has 11 heavy (non-hydrogen) atoms. The van der Waals surface area contributed by atoms with E-state index in [1.54, 1.807) is 11.8 Å². The number of esters is 1. The Morgan fingerprint density at radius 1 is 2.00 bits per heavy atom. The number of carbonyl (C=O) groups is 1. The van der Waals surface area contributed by atoms with Crippen molar-refractivity contribution < 1.29 is 9.53 Å². The van der Waals surface area contributed by atoms with E-state index < -0.39 is 0 Å². The number of thioether (sulfide) groups is 1. The standard InChI is InChI=1S/C7H9NO2S/c1-5(9)10-6(2-3-8)7-4-11-7/h6-7H,2,4H2,1H3/t6-,7-/m1/s1. The van der Waals surface area contributed by atoms with E-state index in [4.69, 9.17) is 10.00 Å². The number of nitrogens with zero attached hydrogens (tertiary/aromatic N) is 1. The highest BCUT2D eigenvalue weighted by molar-refractivity contribution is 8.06. The molecule has 0 N–H and O–H groups in total. The van der Waals surface area contributed by atoms with Crippen LogP contribution >= 0.6 is 11.8 Å². The molecule has 0 unspecified atom stereocenters. The first kappa shape index (κ1) is 8.41. The van der Waals surface area contributed by atoms with Crippen molar-refractivity contribution in [3.05, 3.63) is 0 Å². The third-order valence-electron chi connectivity index (χ3n) is 1.38. The number of hydrogen-bond acceptors (Lipinski definition) is 4. The first-order chi connectivity index (χ1) is 5.24. The van der Waals surface area contributed by atoms with Crippen LogP contribution in [0.25, 0.3) is 0 Å². The van der Waals surface area contributed by atoms with Crippen LogP contribution in [0.5, 0.6) is 0 Å². The van der Waals surface area contributed by atoms with E-state index >= 15 is 0 Å². The first-order valence-electron chi connectivity index (χ1n) is 3.40. The van der Waals surface area contributed by atoms with Crippen molar-refractivity contribution in [3.8, 4) is 6.07 Å². The van der Waals surface area contributed by atoms with E-state index in [0.29, 0.717) is 11.7 Å². The number of rotatable bonds is 3. The Balaban J connectivity index is 2.33. The van der Waals surface area contributed by atoms with Crippen LogP contribution in [0.3, 0.4) is 0 Å². The summed E-state index contributed by atoms with van der Waals surface area (Å²) in [6.07, 6.45) is 0.138. The molecule has 1 aliphatic rings. The van der Waals surface area contributed by atoms with E-state index in [1.807, 2.05) is 6.07 Å². The molecule has 0 aliphatic carbocycles. The Hall–Kier alpha value is -0.690. The van der Waals surface area contributed by atoms with E-state index in [2.05, 4.69) is 0 Å². The molecule has 3 nitrogen and oxygen atoms in total. The Bertz CT molecular complexity index is 195. The number of ether oxygens (including phenoxy) is 1. The lowest BCUT2D eigenvalue weighted by molar-refractivity contribution is -0.145. The molecule has 0 aromatic rings. The van der Waals surface area contributed by atoms with Crippen molar-refractivity contribution in [2.24, 2.45) is 0 Å². The SMILES string of the molecule is CC(=O)O[C@H](CC#N)[C@H]1CS1. The largest absolute Gasteiger partial charge is 0.460 e. The Kier molecular flexibility index (Phi) is 2.77. The van der Waals surface area contributed by atoms with E-state index in [0.717, 1.165) is 5.75 Å². The van der Waals surface area contributed by atoms with Gasteiger partial charge in [0.2, 0.25) is 0 Å². The van der Waals surface area contributed by atoms with Gasteiger partial charge in [0.1, 0.15) is 6.10 Å². The van der Waals surface area contributed by atoms with Crippen LogP contribution in [0.1, 0.15) is 13.3 Å². The minimum atomic E-state index is -0.294. The molecule has 1 rings (SSSR count). The Morgan fingerprint density at radius 3 is 3.00 bits per heavy atom. The minimum Gasteiger partial charge on any atom is -0.460 e. The van der Waals surface area contributed by atoms with Gasteiger partial charge in [-0.15, -0.1) is 0 Å². The average Bonchev–Trinajstić information content (AvgIpc) is 2.66. The molecule has 0 saturated carbocycles. The summed E-state index contributed by atoms with van der Waals surface area (Å²) in [5.41, 5.74) is 0. The normalized spacial score (nSPS) is 23.5. The lowest BCUT2D eigenvalue weighted by Gasteiger charge is -2.10. The maximum absolute atomic E-state index is 10.5. The lowest BCUT2D eigenvalue weighted by Crippen LogP contribution is -2.20. The van der Waals surface area contributed by atoms with Crippen LogP contribution in [0.2, 0.25) is 0 Å². The Labute approximate surface area is 69.7 Å². The van der Waals surface area contributed by atoms with Crippen molar-refractivity contribution in [1.29, 1.82) is 5.26 Å². The summed E-state index contributed by atoms with van der Waals surface area (Å²) < 4.78 is 4.93. The molecule has 0 aromatic heterocycles. The molecular formula is C7H9NO2S. The highest BCUT2D eigenvalue weighted by atomic mass is 32.2. The van der Waals surface area contributed by atoms with E-state index in [-0.39, 0.29) is 12.1 Å². The second kappa shape index (κ2) is 3.63. The van der Waals surface area contributed by atoms with Crippen LogP contribution < -0.4 is 0 Å². The molecule has 0 spiro atoms. The van der Waals surface area contributed by atoms with E-state index in [1.165, 1.54) is 6.92 Å². The van der Waals surface area contributed by atoms with Crippen molar-refractivity contribution in [2.75, 3.05) is 5.75 Å². The smallest absolute Gasteiger partial charge is 0.302 e. The van der Waals surface area contributed by atoms with Crippen LogP contribution in [-0.2, 0) is 9.53 Å². The summed E-state index contributed by atoms with van der Waals surface area (Å²) in [5, 5.41) is 8.75. The topological polar surface area (TPSA) is 50.1 Å². The molecule has 1 heterocycles. The molecule has 0 aromatic carbocycles. The van der Waals surface area contributed by atoms with Crippen molar-refractivity contribution in [1.82, 2.24) is 0 Å². The zero-order valence-corrected chi connectivity index (χ0v) is 7.06. The van der Waals surface area contributed by atoms with Gasteiger partial charge in [-0.05, 0) is 0 Å². The Morgan fingerprint density at radius 2 is 2.64 bits per heavy atom. The van der Waals surface area contributed by atoms with Gasteiger partial charge in [0.25, 0.3) is 0 Å². The van der Waals surface area contributed by atoms with E-state index in [9.17, 15) is 4.79 Å². The first-order valence-corrected chi connectivity index (χ1v) is 4.44. The molecule has 60 valence electrons. The zero-order chi connectivity index (χ0) is 8.27. The molecule has 1 fully saturated rings. The van der Waals surface area contributed by atoms with Crippen molar-refractivity contribution in [2.45, 2.75) is 24.7 Å². The van der Waals surface area contributed by atoms with Gasteiger partial charge in [0.05, 0.1) is 17.7 Å². The summed E-state index contributed by atoms with van der Waals surface area (Å²) in [6, 6.07) is 2.00. The van der Waals surface area contributed by atoms with Crippen LogP contribution in [0.15, 0.2) is 0 Å². The van der Waals surface area contributed by atoms with Crippen molar-refractivity contribution in [3.63, 3.8) is 0 Å². The van der Waals surface area contributed by atoms with Gasteiger partial charge >= 0.3 is 5.97 Å². The lowest BCUT2D eigenvalue weighted by atomic mass is 10.2. The molecular weight excluding hydrogens is 162 g/mol. The quantitative estimate of drug-likeness (QED) is 0.468. The number of carbonyl (C=O) groups excluding carboxylic acids is 1. The highest BCUT2D eigenvalue weighted by Crippen LogP contribution is 2.35. The summed E-state index contributed by atoms with van der Waals surface area (Å²) in [7, 11) is 0. The van der Waals surface area contributed by atoms with Gasteiger partial charge in [0, 0.05) is 12.7 Å². The summed E-state index contributed by atoms with van der Waals surface area (Å²) in [4.78, 5) is 10.5. The predicted octanol–water partition coefficient (Wildman–Crippen LogP) is 0.947. The molecule has 1 aliphatic heterocycles. The molecule has 2 atom stereocenters. The summed E-state index contributed by atoms with van der Waals surface area (Å²) in [6.45, 7) is 1.37. The van der Waals surface area contributed by atoms with Crippen LogP contribution in [-0.4, -0.2) is 23.1 Å². The average molecular weight is 171 g/mol. The predicted molar refractivity (Wildman–Crippen MR) is 42.0 cm³/mol. The van der Waals surface area contributed by atoms with Gasteiger partial charge in [0.15, 0.2) is 0 Å². The maximum atomic E-state index is 10.5. The van der Waals surface area contributed by atoms with Gasteiger partial charge in [-0.2, -0.15) is 17.0 Å². The fourth-order valence-electron chi connectivity index (χ4n) is 0.822. The second-order valence-electron chi connectivity index (χ2n) is 2.38.